The van der Waals surface area contributed by atoms with E-state index >= 15 is 0 Å². The lowest BCUT2D eigenvalue weighted by atomic mass is 10.2. The summed E-state index contributed by atoms with van der Waals surface area (Å²) in [5.41, 5.74) is 3.21. The molecule has 2 heterocycles. The summed E-state index contributed by atoms with van der Waals surface area (Å²) in [4.78, 5) is 24.6. The summed E-state index contributed by atoms with van der Waals surface area (Å²) in [6.07, 6.45) is 3.42. The van der Waals surface area contributed by atoms with Crippen molar-refractivity contribution in [1.29, 1.82) is 0 Å². The topological polar surface area (TPSA) is 49.3 Å². The smallest absolute Gasteiger partial charge is 0.296 e. The van der Waals surface area contributed by atoms with Gasteiger partial charge in [-0.1, -0.05) is 15.9 Å². The zero-order chi connectivity index (χ0) is 17.3. The van der Waals surface area contributed by atoms with Gasteiger partial charge >= 0.3 is 6.03 Å². The van der Waals surface area contributed by atoms with E-state index in [9.17, 15) is 4.79 Å². The van der Waals surface area contributed by atoms with Gasteiger partial charge in [-0.05, 0) is 43.3 Å². The van der Waals surface area contributed by atoms with E-state index in [1.807, 2.05) is 43.3 Å². The van der Waals surface area contributed by atoms with Crippen LogP contribution < -0.4 is 9.80 Å². The van der Waals surface area contributed by atoms with Crippen molar-refractivity contribution in [3.05, 3.63) is 59.0 Å². The van der Waals surface area contributed by atoms with E-state index in [4.69, 9.17) is 0 Å². The van der Waals surface area contributed by atoms with E-state index in [0.29, 0.717) is 0 Å². The van der Waals surface area contributed by atoms with Crippen LogP contribution in [0.25, 0.3) is 10.9 Å². The fraction of sp³-hybridized carbons (Fsp3) is 0.167. The monoisotopic (exact) mass is 384 g/mol. The molecule has 0 N–H and O–H groups in total. The molecule has 122 valence electrons. The molecule has 0 aliphatic heterocycles. The Morgan fingerprint density at radius 1 is 1.08 bits per heavy atom. The molecular formula is C18H17BrN4O. The third-order valence-corrected chi connectivity index (χ3v) is 4.42. The average Bonchev–Trinajstić information content (AvgIpc) is 2.59. The first-order valence-corrected chi connectivity index (χ1v) is 8.25. The molecule has 1 aromatic carbocycles. The van der Waals surface area contributed by atoms with Crippen molar-refractivity contribution in [3.63, 3.8) is 0 Å². The first-order valence-electron chi connectivity index (χ1n) is 7.45. The van der Waals surface area contributed by atoms with E-state index in [-0.39, 0.29) is 6.03 Å². The molecule has 0 saturated carbocycles. The minimum atomic E-state index is -0.151. The van der Waals surface area contributed by atoms with Crippen LogP contribution in [0.2, 0.25) is 0 Å². The number of aryl methyl sites for hydroxylation is 1. The van der Waals surface area contributed by atoms with Gasteiger partial charge in [0.1, 0.15) is 0 Å². The van der Waals surface area contributed by atoms with Crippen LogP contribution in [-0.2, 0) is 0 Å². The molecule has 0 spiro atoms. The minimum absolute atomic E-state index is 0.151. The Kier molecular flexibility index (Phi) is 4.49. The van der Waals surface area contributed by atoms with E-state index in [2.05, 4.69) is 25.9 Å². The third-order valence-electron chi connectivity index (χ3n) is 3.93. The van der Waals surface area contributed by atoms with Gasteiger partial charge in [0.25, 0.3) is 0 Å². The first kappa shape index (κ1) is 16.4. The van der Waals surface area contributed by atoms with Gasteiger partial charge in [0.15, 0.2) is 0 Å². The van der Waals surface area contributed by atoms with E-state index in [1.54, 1.807) is 36.3 Å². The average molecular weight is 385 g/mol. The number of hydrogen-bond donors (Lipinski definition) is 0. The number of carbonyl (C=O) groups is 1. The summed E-state index contributed by atoms with van der Waals surface area (Å²) >= 11 is 3.46. The number of pyridine rings is 2. The molecule has 5 nitrogen and oxygen atoms in total. The van der Waals surface area contributed by atoms with Crippen LogP contribution in [-0.4, -0.2) is 30.1 Å². The molecule has 0 aliphatic carbocycles. The van der Waals surface area contributed by atoms with Gasteiger partial charge in [0, 0.05) is 30.2 Å². The Labute approximate surface area is 149 Å². The number of amides is 2. The highest BCUT2D eigenvalue weighted by molar-refractivity contribution is 9.10. The predicted octanol–water partition coefficient (Wildman–Crippen LogP) is 4.39. The molecule has 0 atom stereocenters. The highest BCUT2D eigenvalue weighted by atomic mass is 79.9. The molecule has 0 aliphatic rings. The van der Waals surface area contributed by atoms with Crippen LogP contribution in [0, 0.1) is 6.92 Å². The second-order valence-electron chi connectivity index (χ2n) is 5.54. The van der Waals surface area contributed by atoms with Crippen molar-refractivity contribution in [1.82, 2.24) is 9.97 Å². The van der Waals surface area contributed by atoms with Gasteiger partial charge in [-0.3, -0.25) is 19.8 Å². The zero-order valence-electron chi connectivity index (χ0n) is 13.7. The van der Waals surface area contributed by atoms with Gasteiger partial charge in [-0.25, -0.2) is 4.79 Å². The van der Waals surface area contributed by atoms with Crippen LogP contribution in [0.15, 0.2) is 53.3 Å². The second-order valence-corrected chi connectivity index (χ2v) is 6.45. The molecule has 0 saturated heterocycles. The highest BCUT2D eigenvalue weighted by Gasteiger charge is 2.19. The number of urea groups is 1. The van der Waals surface area contributed by atoms with Crippen molar-refractivity contribution >= 4 is 44.2 Å². The Morgan fingerprint density at radius 3 is 2.62 bits per heavy atom. The number of halogens is 1. The molecule has 3 aromatic rings. The van der Waals surface area contributed by atoms with Crippen LogP contribution in [0.4, 0.5) is 16.2 Å². The standard InChI is InChI=1S/C18H17BrN4O/c1-12-17(5-4-8-20-12)23(3)18(24)22(2)15-10-13-9-14(19)6-7-16(13)21-11-15/h4-11H,1-3H3. The van der Waals surface area contributed by atoms with Gasteiger partial charge in [0.2, 0.25) is 0 Å². The van der Waals surface area contributed by atoms with Crippen LogP contribution in [0.3, 0.4) is 0 Å². The maximum Gasteiger partial charge on any atom is 0.328 e. The number of fused-ring (bicyclic) bond motifs is 1. The molecule has 0 radical (unpaired) electrons. The van der Waals surface area contributed by atoms with Gasteiger partial charge in [-0.2, -0.15) is 0 Å². The summed E-state index contributed by atoms with van der Waals surface area (Å²) in [7, 11) is 3.49. The largest absolute Gasteiger partial charge is 0.328 e. The number of rotatable bonds is 2. The van der Waals surface area contributed by atoms with Crippen molar-refractivity contribution in [2.24, 2.45) is 0 Å². The molecule has 6 heteroatoms. The van der Waals surface area contributed by atoms with Crippen molar-refractivity contribution in [2.45, 2.75) is 6.92 Å². The third kappa shape index (κ3) is 3.10. The van der Waals surface area contributed by atoms with E-state index < -0.39 is 0 Å². The lowest BCUT2D eigenvalue weighted by Crippen LogP contribution is -2.39. The number of carbonyl (C=O) groups excluding carboxylic acids is 1. The van der Waals surface area contributed by atoms with Crippen LogP contribution >= 0.6 is 15.9 Å². The maximum atomic E-state index is 12.8. The molecule has 24 heavy (non-hydrogen) atoms. The number of anilines is 2. The zero-order valence-corrected chi connectivity index (χ0v) is 15.3. The van der Waals surface area contributed by atoms with Crippen LogP contribution in [0.1, 0.15) is 5.69 Å². The number of nitrogens with zero attached hydrogens (tertiary/aromatic N) is 4. The SMILES string of the molecule is Cc1ncccc1N(C)C(=O)N(C)c1cnc2ccc(Br)cc2c1. The Balaban J connectivity index is 1.92. The summed E-state index contributed by atoms with van der Waals surface area (Å²) in [6.45, 7) is 1.88. The fourth-order valence-electron chi connectivity index (χ4n) is 2.54. The number of aromatic nitrogens is 2. The molecule has 0 fully saturated rings. The van der Waals surface area contributed by atoms with Crippen molar-refractivity contribution in [3.8, 4) is 0 Å². The molecule has 3 rings (SSSR count). The first-order chi connectivity index (χ1) is 11.5. The van der Waals surface area contributed by atoms with Gasteiger partial charge < -0.3 is 0 Å². The number of hydrogen-bond acceptors (Lipinski definition) is 3. The molecular weight excluding hydrogens is 368 g/mol. The van der Waals surface area contributed by atoms with Gasteiger partial charge in [-0.15, -0.1) is 0 Å². The second kappa shape index (κ2) is 6.57. The fourth-order valence-corrected chi connectivity index (χ4v) is 2.92. The Bertz CT molecular complexity index is 912. The Hall–Kier alpha value is -2.47. The minimum Gasteiger partial charge on any atom is -0.296 e. The normalized spacial score (nSPS) is 10.7. The summed E-state index contributed by atoms with van der Waals surface area (Å²) in [6, 6.07) is 11.4. The van der Waals surface area contributed by atoms with Gasteiger partial charge in [0.05, 0.1) is 28.8 Å². The Morgan fingerprint density at radius 2 is 1.88 bits per heavy atom. The summed E-state index contributed by atoms with van der Waals surface area (Å²) in [5.74, 6) is 0. The van der Waals surface area contributed by atoms with E-state index in [0.717, 1.165) is 32.4 Å². The molecule has 0 bridgehead atoms. The van der Waals surface area contributed by atoms with E-state index in [1.165, 1.54) is 0 Å². The summed E-state index contributed by atoms with van der Waals surface area (Å²) < 4.78 is 0.978. The van der Waals surface area contributed by atoms with Crippen LogP contribution in [0.5, 0.6) is 0 Å². The predicted molar refractivity (Wildman–Crippen MR) is 101 cm³/mol. The lowest BCUT2D eigenvalue weighted by molar-refractivity contribution is 0.253. The maximum absolute atomic E-state index is 12.8. The lowest BCUT2D eigenvalue weighted by Gasteiger charge is -2.25. The molecule has 0 unspecified atom stereocenters. The number of benzene rings is 1. The molecule has 2 amide bonds. The summed E-state index contributed by atoms with van der Waals surface area (Å²) in [5, 5.41) is 0.974. The van der Waals surface area contributed by atoms with Crippen molar-refractivity contribution < 1.29 is 4.79 Å². The highest BCUT2D eigenvalue weighted by Crippen LogP contribution is 2.24. The van der Waals surface area contributed by atoms with Crippen molar-refractivity contribution in [2.75, 3.05) is 23.9 Å². The molecule has 2 aromatic heterocycles. The quantitative estimate of drug-likeness (QED) is 0.657.